The fourth-order valence-corrected chi connectivity index (χ4v) is 3.89. The molecule has 0 unspecified atom stereocenters. The number of benzene rings is 2. The van der Waals surface area contributed by atoms with Gasteiger partial charge in [0.05, 0.1) is 6.04 Å². The molecule has 0 bridgehead atoms. The lowest BCUT2D eigenvalue weighted by molar-refractivity contribution is -0.136. The van der Waals surface area contributed by atoms with Crippen LogP contribution in [0.3, 0.4) is 0 Å². The molecule has 2 aromatic rings. The van der Waals surface area contributed by atoms with Crippen molar-refractivity contribution in [1.82, 2.24) is 15.1 Å². The van der Waals surface area contributed by atoms with E-state index >= 15 is 0 Å². The molecule has 31 heavy (non-hydrogen) atoms. The minimum Gasteiger partial charge on any atom is -0.454 e. The first-order chi connectivity index (χ1) is 15.0. The average Bonchev–Trinajstić information content (AvgIpc) is 3.23. The van der Waals surface area contributed by atoms with Crippen molar-refractivity contribution in [2.75, 3.05) is 51.9 Å². The van der Waals surface area contributed by atoms with Crippen molar-refractivity contribution in [2.24, 2.45) is 0 Å². The molecule has 0 radical (unpaired) electrons. The molecule has 2 N–H and O–H groups in total. The molecular formula is C23H28N4O4. The van der Waals surface area contributed by atoms with E-state index in [1.54, 1.807) is 6.07 Å². The molecular weight excluding hydrogens is 396 g/mol. The molecule has 1 fully saturated rings. The van der Waals surface area contributed by atoms with Crippen LogP contribution >= 0.6 is 0 Å². The highest BCUT2D eigenvalue weighted by Gasteiger charge is 2.27. The number of carbonyl (C=O) groups excluding carboxylic acids is 2. The van der Waals surface area contributed by atoms with Gasteiger partial charge in [0.1, 0.15) is 0 Å². The second-order valence-corrected chi connectivity index (χ2v) is 8.00. The van der Waals surface area contributed by atoms with Crippen LogP contribution in [0.4, 0.5) is 5.69 Å². The SMILES string of the molecule is Cc1cccc(NC(=O)C(=O)NC[C@@H](c2ccc3c(c2)OCO3)N2CCN(C)CC2)c1. The first-order valence-electron chi connectivity index (χ1n) is 10.5. The van der Waals surface area contributed by atoms with Gasteiger partial charge in [-0.3, -0.25) is 14.5 Å². The molecule has 2 amide bonds. The number of ether oxygens (including phenoxy) is 2. The lowest BCUT2D eigenvalue weighted by atomic mass is 10.0. The van der Waals surface area contributed by atoms with Gasteiger partial charge < -0.3 is 25.0 Å². The van der Waals surface area contributed by atoms with E-state index in [4.69, 9.17) is 9.47 Å². The maximum Gasteiger partial charge on any atom is 0.313 e. The Hall–Kier alpha value is -3.10. The third kappa shape index (κ3) is 5.15. The zero-order chi connectivity index (χ0) is 21.8. The summed E-state index contributed by atoms with van der Waals surface area (Å²) < 4.78 is 11.0. The molecule has 2 aliphatic heterocycles. The summed E-state index contributed by atoms with van der Waals surface area (Å²) in [6.07, 6.45) is 0. The van der Waals surface area contributed by atoms with E-state index < -0.39 is 11.8 Å². The molecule has 0 aliphatic carbocycles. The number of carbonyl (C=O) groups is 2. The van der Waals surface area contributed by atoms with Crippen molar-refractivity contribution in [1.29, 1.82) is 0 Å². The normalized spacial score (nSPS) is 17.2. The third-order valence-electron chi connectivity index (χ3n) is 5.70. The highest BCUT2D eigenvalue weighted by Crippen LogP contribution is 2.35. The van der Waals surface area contributed by atoms with Crippen molar-refractivity contribution >= 4 is 17.5 Å². The van der Waals surface area contributed by atoms with E-state index in [1.807, 2.05) is 43.3 Å². The van der Waals surface area contributed by atoms with Crippen LogP contribution in [0.2, 0.25) is 0 Å². The monoisotopic (exact) mass is 424 g/mol. The number of piperazine rings is 1. The second kappa shape index (κ2) is 9.36. The second-order valence-electron chi connectivity index (χ2n) is 8.00. The number of hydrogen-bond acceptors (Lipinski definition) is 6. The topological polar surface area (TPSA) is 83.1 Å². The fourth-order valence-electron chi connectivity index (χ4n) is 3.89. The van der Waals surface area contributed by atoms with Crippen LogP contribution in [0.5, 0.6) is 11.5 Å². The van der Waals surface area contributed by atoms with Crippen molar-refractivity contribution in [3.8, 4) is 11.5 Å². The number of nitrogens with one attached hydrogen (secondary N) is 2. The minimum atomic E-state index is -0.673. The van der Waals surface area contributed by atoms with Gasteiger partial charge in [-0.1, -0.05) is 18.2 Å². The Morgan fingerprint density at radius 3 is 2.55 bits per heavy atom. The Labute approximate surface area is 182 Å². The van der Waals surface area contributed by atoms with E-state index in [0.717, 1.165) is 43.1 Å². The number of fused-ring (bicyclic) bond motifs is 1. The van der Waals surface area contributed by atoms with Gasteiger partial charge in [-0.05, 0) is 49.4 Å². The van der Waals surface area contributed by atoms with Crippen LogP contribution < -0.4 is 20.1 Å². The molecule has 2 aliphatic rings. The standard InChI is InChI=1S/C23H28N4O4/c1-16-4-3-5-18(12-16)25-23(29)22(28)24-14-19(27-10-8-26(2)9-11-27)17-6-7-20-21(13-17)31-15-30-20/h3-7,12-13,19H,8-11,14-15H2,1-2H3,(H,24,28)(H,25,29)/t19-/m0/s1. The quantitative estimate of drug-likeness (QED) is 0.712. The summed E-state index contributed by atoms with van der Waals surface area (Å²) in [6.45, 7) is 6.12. The van der Waals surface area contributed by atoms with Crippen molar-refractivity contribution < 1.29 is 19.1 Å². The molecule has 4 rings (SSSR count). The number of aryl methyl sites for hydroxylation is 1. The largest absolute Gasteiger partial charge is 0.454 e. The van der Waals surface area contributed by atoms with Crippen molar-refractivity contribution in [3.63, 3.8) is 0 Å². The molecule has 2 heterocycles. The van der Waals surface area contributed by atoms with E-state index in [9.17, 15) is 9.59 Å². The van der Waals surface area contributed by atoms with Crippen molar-refractivity contribution in [2.45, 2.75) is 13.0 Å². The number of nitrogens with zero attached hydrogens (tertiary/aromatic N) is 2. The summed E-state index contributed by atoms with van der Waals surface area (Å²) >= 11 is 0. The Kier molecular flexibility index (Phi) is 6.39. The smallest absolute Gasteiger partial charge is 0.313 e. The summed E-state index contributed by atoms with van der Waals surface area (Å²) in [7, 11) is 2.10. The molecule has 8 nitrogen and oxygen atoms in total. The van der Waals surface area contributed by atoms with Crippen LogP contribution in [0.25, 0.3) is 0 Å². The van der Waals surface area contributed by atoms with Gasteiger partial charge >= 0.3 is 11.8 Å². The molecule has 2 aromatic carbocycles. The molecule has 164 valence electrons. The molecule has 0 aromatic heterocycles. The molecule has 0 saturated carbocycles. The van der Waals surface area contributed by atoms with E-state index in [1.165, 1.54) is 0 Å². The molecule has 1 saturated heterocycles. The molecule has 8 heteroatoms. The Balaban J connectivity index is 1.44. The first kappa shape index (κ1) is 21.1. The maximum absolute atomic E-state index is 12.5. The van der Waals surface area contributed by atoms with Gasteiger partial charge in [0.25, 0.3) is 0 Å². The van der Waals surface area contributed by atoms with E-state index in [-0.39, 0.29) is 12.8 Å². The lowest BCUT2D eigenvalue weighted by Crippen LogP contribution is -2.49. The Morgan fingerprint density at radius 1 is 1.00 bits per heavy atom. The van der Waals surface area contributed by atoms with Gasteiger partial charge in [-0.15, -0.1) is 0 Å². The summed E-state index contributed by atoms with van der Waals surface area (Å²) in [6, 6.07) is 13.1. The predicted octanol–water partition coefficient (Wildman–Crippen LogP) is 1.77. The van der Waals surface area contributed by atoms with E-state index in [0.29, 0.717) is 18.0 Å². The minimum absolute atomic E-state index is 0.0704. The number of rotatable bonds is 5. The van der Waals surface area contributed by atoms with Crippen LogP contribution in [-0.2, 0) is 9.59 Å². The zero-order valence-electron chi connectivity index (χ0n) is 17.9. The van der Waals surface area contributed by atoms with Gasteiger partial charge in [-0.2, -0.15) is 0 Å². The van der Waals surface area contributed by atoms with Crippen LogP contribution in [-0.4, -0.2) is 68.2 Å². The predicted molar refractivity (Wildman–Crippen MR) is 117 cm³/mol. The average molecular weight is 425 g/mol. The Morgan fingerprint density at radius 2 is 1.77 bits per heavy atom. The van der Waals surface area contributed by atoms with Gasteiger partial charge in [-0.25, -0.2) is 0 Å². The fraction of sp³-hybridized carbons (Fsp3) is 0.391. The van der Waals surface area contributed by atoms with Crippen LogP contribution in [0.15, 0.2) is 42.5 Å². The summed E-state index contributed by atoms with van der Waals surface area (Å²) in [5, 5.41) is 5.47. The summed E-state index contributed by atoms with van der Waals surface area (Å²) in [5.74, 6) is 0.109. The van der Waals surface area contributed by atoms with Gasteiger partial charge in [0, 0.05) is 38.4 Å². The molecule has 1 atom stereocenters. The van der Waals surface area contributed by atoms with E-state index in [2.05, 4.69) is 27.5 Å². The first-order valence-corrected chi connectivity index (χ1v) is 10.5. The highest BCUT2D eigenvalue weighted by atomic mass is 16.7. The summed E-state index contributed by atoms with van der Waals surface area (Å²) in [5.41, 5.74) is 2.64. The van der Waals surface area contributed by atoms with Crippen LogP contribution in [0, 0.1) is 6.92 Å². The Bertz CT molecular complexity index is 956. The van der Waals surface area contributed by atoms with Crippen molar-refractivity contribution in [3.05, 3.63) is 53.6 Å². The number of likely N-dealkylation sites (N-methyl/N-ethyl adjacent to an activating group) is 1. The number of hydrogen-bond donors (Lipinski definition) is 2. The van der Waals surface area contributed by atoms with Gasteiger partial charge in [0.2, 0.25) is 6.79 Å². The molecule has 0 spiro atoms. The van der Waals surface area contributed by atoms with Gasteiger partial charge in [0.15, 0.2) is 11.5 Å². The highest BCUT2D eigenvalue weighted by molar-refractivity contribution is 6.39. The van der Waals surface area contributed by atoms with Crippen LogP contribution in [0.1, 0.15) is 17.2 Å². The zero-order valence-corrected chi connectivity index (χ0v) is 17.9. The third-order valence-corrected chi connectivity index (χ3v) is 5.70. The number of anilines is 1. The number of amides is 2. The maximum atomic E-state index is 12.5. The summed E-state index contributed by atoms with van der Waals surface area (Å²) in [4.78, 5) is 29.5. The lowest BCUT2D eigenvalue weighted by Gasteiger charge is -2.38.